The first-order valence-electron chi connectivity index (χ1n) is 4.30. The highest BCUT2D eigenvalue weighted by molar-refractivity contribution is 7.85. The molecule has 0 atom stereocenters. The van der Waals surface area contributed by atoms with E-state index in [-0.39, 0.29) is 17.0 Å². The zero-order valence-electron chi connectivity index (χ0n) is 8.10. The molecule has 0 aromatic rings. The lowest BCUT2D eigenvalue weighted by atomic mass is 10.4. The predicted molar refractivity (Wildman–Crippen MR) is 49.7 cm³/mol. The van der Waals surface area contributed by atoms with E-state index in [1.165, 1.54) is 0 Å². The van der Waals surface area contributed by atoms with E-state index in [4.69, 9.17) is 9.66 Å². The Morgan fingerprint density at radius 3 is 1.92 bits per heavy atom. The highest BCUT2D eigenvalue weighted by Gasteiger charge is 2.28. The van der Waals surface area contributed by atoms with E-state index in [9.17, 15) is 8.42 Å². The Balaban J connectivity index is 4.57. The van der Waals surface area contributed by atoms with E-state index in [1.54, 1.807) is 0 Å². The molecule has 0 unspecified atom stereocenters. The highest BCUT2D eigenvalue weighted by atomic mass is 32.2. The SMILES string of the molecule is CC[N+](CC)(CCO)CS(=O)(=O)O. The summed E-state index contributed by atoms with van der Waals surface area (Å²) >= 11 is 0. The van der Waals surface area contributed by atoms with Crippen molar-refractivity contribution < 1.29 is 22.6 Å². The number of hydrogen-bond acceptors (Lipinski definition) is 3. The highest BCUT2D eigenvalue weighted by Crippen LogP contribution is 2.07. The van der Waals surface area contributed by atoms with Gasteiger partial charge in [-0.25, -0.2) is 0 Å². The number of rotatable bonds is 6. The Morgan fingerprint density at radius 2 is 1.69 bits per heavy atom. The molecule has 0 spiro atoms. The second kappa shape index (κ2) is 4.90. The van der Waals surface area contributed by atoms with Gasteiger partial charge < -0.3 is 9.59 Å². The molecule has 0 saturated carbocycles. The summed E-state index contributed by atoms with van der Waals surface area (Å²) in [5, 5.41) is 8.77. The Morgan fingerprint density at radius 1 is 1.23 bits per heavy atom. The topological polar surface area (TPSA) is 74.6 Å². The van der Waals surface area contributed by atoms with E-state index in [1.807, 2.05) is 13.8 Å². The first-order chi connectivity index (χ1) is 5.89. The van der Waals surface area contributed by atoms with Crippen molar-refractivity contribution in [3.05, 3.63) is 0 Å². The quantitative estimate of drug-likeness (QED) is 0.467. The fourth-order valence-electron chi connectivity index (χ4n) is 1.35. The first kappa shape index (κ1) is 12.8. The Kier molecular flexibility index (Phi) is 4.83. The van der Waals surface area contributed by atoms with Gasteiger partial charge in [0.05, 0.1) is 19.7 Å². The second-order valence-corrected chi connectivity index (χ2v) is 4.55. The molecule has 0 fully saturated rings. The molecule has 5 nitrogen and oxygen atoms in total. The van der Waals surface area contributed by atoms with Gasteiger partial charge in [-0.15, -0.1) is 0 Å². The molecule has 6 heteroatoms. The van der Waals surface area contributed by atoms with E-state index in [2.05, 4.69) is 0 Å². The van der Waals surface area contributed by atoms with E-state index in [0.29, 0.717) is 19.6 Å². The van der Waals surface area contributed by atoms with E-state index < -0.39 is 10.1 Å². The van der Waals surface area contributed by atoms with Crippen molar-refractivity contribution in [3.63, 3.8) is 0 Å². The molecule has 0 bridgehead atoms. The van der Waals surface area contributed by atoms with Crippen LogP contribution in [0.5, 0.6) is 0 Å². The molecule has 0 aliphatic heterocycles. The van der Waals surface area contributed by atoms with E-state index in [0.717, 1.165) is 0 Å². The van der Waals surface area contributed by atoms with Crippen LogP contribution >= 0.6 is 0 Å². The van der Waals surface area contributed by atoms with Crippen molar-refractivity contribution in [3.8, 4) is 0 Å². The van der Waals surface area contributed by atoms with E-state index >= 15 is 0 Å². The maximum Gasteiger partial charge on any atom is 0.316 e. The maximum atomic E-state index is 10.7. The molecule has 0 amide bonds. The third-order valence-corrected chi connectivity index (χ3v) is 3.23. The van der Waals surface area contributed by atoms with Gasteiger partial charge in [0, 0.05) is 0 Å². The van der Waals surface area contributed by atoms with Crippen molar-refractivity contribution in [1.82, 2.24) is 0 Å². The van der Waals surface area contributed by atoms with Crippen molar-refractivity contribution in [2.75, 3.05) is 32.1 Å². The number of likely N-dealkylation sites (N-methyl/N-ethyl adjacent to an activating group) is 1. The molecule has 0 rings (SSSR count). The summed E-state index contributed by atoms with van der Waals surface area (Å²) in [7, 11) is -3.97. The van der Waals surface area contributed by atoms with Gasteiger partial charge in [0.2, 0.25) is 5.88 Å². The zero-order valence-corrected chi connectivity index (χ0v) is 8.92. The van der Waals surface area contributed by atoms with Crippen LogP contribution in [0, 0.1) is 0 Å². The molecule has 13 heavy (non-hydrogen) atoms. The zero-order chi connectivity index (χ0) is 10.5. The van der Waals surface area contributed by atoms with Crippen molar-refractivity contribution >= 4 is 10.1 Å². The van der Waals surface area contributed by atoms with Gasteiger partial charge >= 0.3 is 10.1 Å². The number of nitrogens with zero attached hydrogens (tertiary/aromatic N) is 1. The third-order valence-electron chi connectivity index (χ3n) is 2.35. The maximum absolute atomic E-state index is 10.7. The first-order valence-corrected chi connectivity index (χ1v) is 5.91. The van der Waals surface area contributed by atoms with Crippen LogP contribution in [0.3, 0.4) is 0 Å². The lowest BCUT2D eigenvalue weighted by molar-refractivity contribution is -0.914. The lowest BCUT2D eigenvalue weighted by Crippen LogP contribution is -2.52. The second-order valence-electron chi connectivity index (χ2n) is 3.13. The summed E-state index contributed by atoms with van der Waals surface area (Å²) in [6, 6.07) is 0. The molecule has 80 valence electrons. The minimum absolute atomic E-state index is 0.0722. The van der Waals surface area contributed by atoms with Crippen LogP contribution in [0.4, 0.5) is 0 Å². The summed E-state index contributed by atoms with van der Waals surface area (Å²) < 4.78 is 30.3. The number of hydrogen-bond donors (Lipinski definition) is 2. The minimum atomic E-state index is -3.97. The summed E-state index contributed by atoms with van der Waals surface area (Å²) in [5.41, 5.74) is 0. The molecular formula is C7H18NO4S+. The Bertz CT molecular complexity index is 233. The average molecular weight is 212 g/mol. The molecule has 0 aromatic heterocycles. The van der Waals surface area contributed by atoms with Crippen LogP contribution < -0.4 is 0 Å². The lowest BCUT2D eigenvalue weighted by Gasteiger charge is -2.34. The van der Waals surface area contributed by atoms with Gasteiger partial charge in [-0.3, -0.25) is 4.55 Å². The van der Waals surface area contributed by atoms with Gasteiger partial charge in [-0.1, -0.05) is 0 Å². The monoisotopic (exact) mass is 212 g/mol. The molecular weight excluding hydrogens is 194 g/mol. The summed E-state index contributed by atoms with van der Waals surface area (Å²) in [6.07, 6.45) is 0. The molecule has 0 saturated heterocycles. The fraction of sp³-hybridized carbons (Fsp3) is 1.00. The standard InChI is InChI=1S/C7H17NO4S/c1-3-8(4-2,5-6-9)7-13(10,11)12/h9H,3-7H2,1-2H3/p+1. The smallest absolute Gasteiger partial charge is 0.316 e. The van der Waals surface area contributed by atoms with Gasteiger partial charge in [-0.05, 0) is 13.8 Å². The van der Waals surface area contributed by atoms with Gasteiger partial charge in [0.1, 0.15) is 6.54 Å². The third kappa shape index (κ3) is 4.56. The van der Waals surface area contributed by atoms with Gasteiger partial charge in [-0.2, -0.15) is 8.42 Å². The molecule has 2 N–H and O–H groups in total. The summed E-state index contributed by atoms with van der Waals surface area (Å²) in [5.74, 6) is -0.319. The van der Waals surface area contributed by atoms with Gasteiger partial charge in [0.15, 0.2) is 0 Å². The molecule has 0 aliphatic carbocycles. The summed E-state index contributed by atoms with van der Waals surface area (Å²) in [6.45, 7) is 5.12. The van der Waals surface area contributed by atoms with Crippen molar-refractivity contribution in [2.24, 2.45) is 0 Å². The Hall–Kier alpha value is -0.170. The van der Waals surface area contributed by atoms with Crippen molar-refractivity contribution in [1.29, 1.82) is 0 Å². The predicted octanol–water partition coefficient (Wildman–Crippen LogP) is -0.319. The molecule has 0 radical (unpaired) electrons. The number of aliphatic hydroxyl groups is 1. The minimum Gasteiger partial charge on any atom is -0.391 e. The number of quaternary nitrogens is 1. The Labute approximate surface area is 79.3 Å². The van der Waals surface area contributed by atoms with Crippen molar-refractivity contribution in [2.45, 2.75) is 13.8 Å². The van der Waals surface area contributed by atoms with Crippen LogP contribution in [0.1, 0.15) is 13.8 Å². The molecule has 0 aliphatic rings. The van der Waals surface area contributed by atoms with Crippen LogP contribution in [0.15, 0.2) is 0 Å². The number of aliphatic hydroxyl groups excluding tert-OH is 1. The molecule has 0 aromatic carbocycles. The van der Waals surface area contributed by atoms with Crippen LogP contribution in [0.25, 0.3) is 0 Å². The average Bonchev–Trinajstić information content (AvgIpc) is 2.01. The molecule has 0 heterocycles. The largest absolute Gasteiger partial charge is 0.391 e. The normalized spacial score (nSPS) is 13.2. The van der Waals surface area contributed by atoms with Crippen LogP contribution in [-0.2, 0) is 10.1 Å². The van der Waals surface area contributed by atoms with Gasteiger partial charge in [0.25, 0.3) is 0 Å². The summed E-state index contributed by atoms with van der Waals surface area (Å²) in [4.78, 5) is 0. The fourth-order valence-corrected chi connectivity index (χ4v) is 2.53. The van der Waals surface area contributed by atoms with Crippen LogP contribution in [0.2, 0.25) is 0 Å². The van der Waals surface area contributed by atoms with Crippen LogP contribution in [-0.4, -0.2) is 54.7 Å².